The number of fused-ring (bicyclic) bond motifs is 1. The van der Waals surface area contributed by atoms with Crippen molar-refractivity contribution >= 4 is 28.5 Å². The zero-order valence-corrected chi connectivity index (χ0v) is 19.1. The maximum atomic E-state index is 13.2. The summed E-state index contributed by atoms with van der Waals surface area (Å²) in [6.45, 7) is 4.80. The molecule has 0 spiro atoms. The van der Waals surface area contributed by atoms with Crippen molar-refractivity contribution in [1.82, 2.24) is 25.2 Å². The summed E-state index contributed by atoms with van der Waals surface area (Å²) in [4.78, 5) is 20.9. The second kappa shape index (κ2) is 9.69. The van der Waals surface area contributed by atoms with E-state index in [0.717, 1.165) is 35.5 Å². The zero-order chi connectivity index (χ0) is 24.2. The molecule has 0 bridgehead atoms. The number of nitrogens with one attached hydrogen (secondary N) is 2. The van der Waals surface area contributed by atoms with E-state index in [-0.39, 0.29) is 5.82 Å². The van der Waals surface area contributed by atoms with Gasteiger partial charge in [0.25, 0.3) is 0 Å². The number of aryl methyl sites for hydroxylation is 1. The monoisotopic (exact) mass is 470 g/mol. The molecule has 9 nitrogen and oxygen atoms in total. The Hall–Kier alpha value is -4.65. The Bertz CT molecular complexity index is 1400. The molecule has 1 aliphatic rings. The number of nitriles is 1. The number of anilines is 1. The van der Waals surface area contributed by atoms with E-state index in [1.807, 2.05) is 36.3 Å². The molecule has 2 aromatic carbocycles. The summed E-state index contributed by atoms with van der Waals surface area (Å²) in [5.74, 6) is 2.14. The average Bonchev–Trinajstić information content (AvgIpc) is 3.27. The molecule has 1 fully saturated rings. The van der Waals surface area contributed by atoms with Crippen molar-refractivity contribution in [2.45, 2.75) is 6.92 Å². The highest BCUT2D eigenvalue weighted by atomic mass is 19.1. The van der Waals surface area contributed by atoms with Crippen molar-refractivity contribution in [2.75, 3.05) is 31.1 Å². The van der Waals surface area contributed by atoms with Gasteiger partial charge in [-0.2, -0.15) is 5.26 Å². The molecule has 0 aliphatic carbocycles. The Morgan fingerprint density at radius 2 is 1.91 bits per heavy atom. The average molecular weight is 471 g/mol. The summed E-state index contributed by atoms with van der Waals surface area (Å²) in [5, 5.41) is 13.1. The summed E-state index contributed by atoms with van der Waals surface area (Å²) < 4.78 is 19.0. The summed E-state index contributed by atoms with van der Waals surface area (Å²) in [6.07, 6.45) is 5.50. The number of aromatic amines is 1. The maximum absolute atomic E-state index is 13.2. The van der Waals surface area contributed by atoms with E-state index in [1.54, 1.807) is 30.6 Å². The topological polar surface area (TPSA) is 105 Å². The lowest BCUT2D eigenvalue weighted by atomic mass is 10.2. The quantitative estimate of drug-likeness (QED) is 0.200. The van der Waals surface area contributed by atoms with Gasteiger partial charge >= 0.3 is 0 Å². The highest BCUT2D eigenvalue weighted by molar-refractivity contribution is 5.91. The standard InChI is InChI=1S/C25H23FN8O/c1-17-14-28-23-22(17)24(31-16-30-23)33-9-11-34(12-10-33)25(29-15-27)32-19-3-2-4-21(13-19)35-20-7-5-18(26)6-8-20/h2-8,13-14,16H,9-12H2,1H3,(H,29,32)(H,28,30,31). The third-order valence-electron chi connectivity index (χ3n) is 5.80. The van der Waals surface area contributed by atoms with Gasteiger partial charge in [0.2, 0.25) is 5.96 Å². The molecule has 0 radical (unpaired) electrons. The van der Waals surface area contributed by atoms with Gasteiger partial charge in [-0.1, -0.05) is 6.07 Å². The number of aromatic nitrogens is 3. The lowest BCUT2D eigenvalue weighted by Crippen LogP contribution is -2.52. The molecule has 4 aromatic rings. The SMILES string of the molecule is Cc1c[nH]c2ncnc(N3CCN(C(=Nc4cccc(Oc5ccc(F)cc5)c4)NC#N)CC3)c12. The molecular formula is C25H23FN8O. The van der Waals surface area contributed by atoms with Gasteiger partial charge in [0.1, 0.15) is 35.1 Å². The van der Waals surface area contributed by atoms with E-state index >= 15 is 0 Å². The van der Waals surface area contributed by atoms with Crippen LogP contribution < -0.4 is 15.0 Å². The first kappa shape index (κ1) is 22.2. The van der Waals surface area contributed by atoms with Gasteiger partial charge in [-0.05, 0) is 48.9 Å². The van der Waals surface area contributed by atoms with E-state index in [2.05, 4.69) is 30.2 Å². The molecule has 0 amide bonds. The third-order valence-corrected chi connectivity index (χ3v) is 5.80. The fraction of sp³-hybridized carbons (Fsp3) is 0.200. The van der Waals surface area contributed by atoms with Gasteiger partial charge in [-0.3, -0.25) is 5.32 Å². The van der Waals surface area contributed by atoms with Gasteiger partial charge in [0.15, 0.2) is 6.19 Å². The molecule has 5 rings (SSSR count). The van der Waals surface area contributed by atoms with Gasteiger partial charge in [-0.15, -0.1) is 0 Å². The van der Waals surface area contributed by atoms with Crippen LogP contribution >= 0.6 is 0 Å². The molecular weight excluding hydrogens is 447 g/mol. The van der Waals surface area contributed by atoms with Crippen molar-refractivity contribution in [3.63, 3.8) is 0 Å². The van der Waals surface area contributed by atoms with Gasteiger partial charge in [0, 0.05) is 38.4 Å². The number of benzene rings is 2. The van der Waals surface area contributed by atoms with Crippen molar-refractivity contribution in [3.05, 3.63) is 72.4 Å². The number of H-pyrrole nitrogens is 1. The number of hydrogen-bond acceptors (Lipinski definition) is 6. The Labute approximate surface area is 201 Å². The van der Waals surface area contributed by atoms with Crippen molar-refractivity contribution in [1.29, 1.82) is 5.26 Å². The van der Waals surface area contributed by atoms with E-state index < -0.39 is 0 Å². The zero-order valence-electron chi connectivity index (χ0n) is 19.1. The van der Waals surface area contributed by atoms with Crippen LogP contribution in [0.5, 0.6) is 11.5 Å². The molecule has 10 heteroatoms. The van der Waals surface area contributed by atoms with Crippen molar-refractivity contribution in [2.24, 2.45) is 4.99 Å². The molecule has 0 unspecified atom stereocenters. The predicted octanol–water partition coefficient (Wildman–Crippen LogP) is 4.08. The second-order valence-electron chi connectivity index (χ2n) is 8.09. The molecule has 2 aromatic heterocycles. The van der Waals surface area contributed by atoms with Gasteiger partial charge < -0.3 is 19.5 Å². The van der Waals surface area contributed by atoms with Crippen LogP contribution in [-0.4, -0.2) is 52.0 Å². The van der Waals surface area contributed by atoms with Crippen LogP contribution in [0, 0.1) is 24.2 Å². The third kappa shape index (κ3) is 4.84. The van der Waals surface area contributed by atoms with E-state index in [9.17, 15) is 9.65 Å². The fourth-order valence-corrected chi connectivity index (χ4v) is 4.07. The van der Waals surface area contributed by atoms with Crippen LogP contribution in [-0.2, 0) is 0 Å². The summed E-state index contributed by atoms with van der Waals surface area (Å²) in [7, 11) is 0. The van der Waals surface area contributed by atoms with Gasteiger partial charge in [-0.25, -0.2) is 19.4 Å². The van der Waals surface area contributed by atoms with E-state index in [4.69, 9.17) is 4.74 Å². The molecule has 0 saturated carbocycles. The largest absolute Gasteiger partial charge is 0.457 e. The Morgan fingerprint density at radius 3 is 2.69 bits per heavy atom. The van der Waals surface area contributed by atoms with Crippen molar-refractivity contribution < 1.29 is 9.13 Å². The van der Waals surface area contributed by atoms with Crippen LogP contribution in [0.4, 0.5) is 15.9 Å². The number of nitrogens with zero attached hydrogens (tertiary/aromatic N) is 6. The Morgan fingerprint density at radius 1 is 1.11 bits per heavy atom. The van der Waals surface area contributed by atoms with Crippen LogP contribution in [0.25, 0.3) is 11.0 Å². The van der Waals surface area contributed by atoms with Gasteiger partial charge in [0.05, 0.1) is 11.1 Å². The molecule has 35 heavy (non-hydrogen) atoms. The van der Waals surface area contributed by atoms with Crippen LogP contribution in [0.1, 0.15) is 5.56 Å². The Balaban J connectivity index is 1.31. The summed E-state index contributed by atoms with van der Waals surface area (Å²) in [5.41, 5.74) is 2.56. The number of aliphatic imine (C=N–C) groups is 1. The smallest absolute Gasteiger partial charge is 0.212 e. The van der Waals surface area contributed by atoms with Crippen LogP contribution in [0.2, 0.25) is 0 Å². The lowest BCUT2D eigenvalue weighted by molar-refractivity contribution is 0.377. The normalized spacial score (nSPS) is 14.1. The first-order valence-electron chi connectivity index (χ1n) is 11.2. The summed E-state index contributed by atoms with van der Waals surface area (Å²) >= 11 is 0. The van der Waals surface area contributed by atoms with Crippen LogP contribution in [0.3, 0.4) is 0 Å². The van der Waals surface area contributed by atoms with Crippen LogP contribution in [0.15, 0.2) is 66.0 Å². The number of rotatable bonds is 4. The van der Waals surface area contributed by atoms with E-state index in [1.165, 1.54) is 12.1 Å². The molecule has 2 N–H and O–H groups in total. The minimum Gasteiger partial charge on any atom is -0.457 e. The Kier molecular flexibility index (Phi) is 6.13. The predicted molar refractivity (Wildman–Crippen MR) is 131 cm³/mol. The summed E-state index contributed by atoms with van der Waals surface area (Å²) in [6, 6.07) is 13.0. The fourth-order valence-electron chi connectivity index (χ4n) is 4.07. The second-order valence-corrected chi connectivity index (χ2v) is 8.09. The highest BCUT2D eigenvalue weighted by Gasteiger charge is 2.23. The van der Waals surface area contributed by atoms with E-state index in [0.29, 0.717) is 36.2 Å². The first-order valence-corrected chi connectivity index (χ1v) is 11.2. The number of ether oxygens (including phenoxy) is 1. The highest BCUT2D eigenvalue weighted by Crippen LogP contribution is 2.28. The molecule has 0 atom stereocenters. The molecule has 3 heterocycles. The molecule has 176 valence electrons. The number of hydrogen-bond donors (Lipinski definition) is 2. The molecule has 1 aliphatic heterocycles. The minimum absolute atomic E-state index is 0.324. The number of halogens is 1. The lowest BCUT2D eigenvalue weighted by Gasteiger charge is -2.36. The van der Waals surface area contributed by atoms with Crippen molar-refractivity contribution in [3.8, 4) is 17.7 Å². The maximum Gasteiger partial charge on any atom is 0.212 e. The number of piperazine rings is 1. The number of guanidine groups is 1. The minimum atomic E-state index is -0.324. The molecule has 1 saturated heterocycles. The first-order chi connectivity index (χ1) is 17.1.